The number of hydrogen-bond acceptors (Lipinski definition) is 4. The average molecular weight is 252 g/mol. The van der Waals surface area contributed by atoms with Crippen molar-refractivity contribution < 1.29 is 4.74 Å². The minimum atomic E-state index is 0.333. The highest BCUT2D eigenvalue weighted by molar-refractivity contribution is 6.28. The summed E-state index contributed by atoms with van der Waals surface area (Å²) < 4.78 is 5.36. The first-order valence-electron chi connectivity index (χ1n) is 5.82. The van der Waals surface area contributed by atoms with Crippen molar-refractivity contribution in [3.8, 4) is 0 Å². The van der Waals surface area contributed by atoms with Crippen molar-refractivity contribution in [2.24, 2.45) is 0 Å². The summed E-state index contributed by atoms with van der Waals surface area (Å²) in [7, 11) is 0. The quantitative estimate of drug-likeness (QED) is 0.715. The molecule has 0 amide bonds. The van der Waals surface area contributed by atoms with Crippen LogP contribution >= 0.6 is 11.6 Å². The molecule has 3 rings (SSSR count). The summed E-state index contributed by atoms with van der Waals surface area (Å²) in [6.07, 6.45) is 3.09. The largest absolute Gasteiger partial charge is 0.378 e. The van der Waals surface area contributed by atoms with Gasteiger partial charge in [0.2, 0.25) is 5.28 Å². The molecule has 1 saturated heterocycles. The fraction of sp³-hybridized carbons (Fsp3) is 0.500. The molecule has 0 unspecified atom stereocenters. The van der Waals surface area contributed by atoms with Crippen molar-refractivity contribution in [2.75, 3.05) is 31.2 Å². The molecule has 17 heavy (non-hydrogen) atoms. The van der Waals surface area contributed by atoms with Crippen LogP contribution in [-0.2, 0) is 11.2 Å². The number of rotatable bonds is 1. The van der Waals surface area contributed by atoms with Gasteiger partial charge in [0.25, 0.3) is 0 Å². The number of aromatic nitrogens is 2. The second kappa shape index (κ2) is 4.27. The van der Waals surface area contributed by atoms with Gasteiger partial charge in [0.1, 0.15) is 5.82 Å². The molecule has 0 N–H and O–H groups in total. The molecule has 1 aromatic rings. The third-order valence-electron chi connectivity index (χ3n) is 3.25. The molecular weight excluding hydrogens is 238 g/mol. The molecule has 90 valence electrons. The number of nitrogens with zero attached hydrogens (tertiary/aromatic N) is 3. The fourth-order valence-electron chi connectivity index (χ4n) is 2.35. The van der Waals surface area contributed by atoms with E-state index in [2.05, 4.69) is 27.9 Å². The van der Waals surface area contributed by atoms with Crippen LogP contribution in [0.15, 0.2) is 6.08 Å². The summed E-state index contributed by atoms with van der Waals surface area (Å²) in [6.45, 7) is 5.32. The molecule has 0 atom stereocenters. The standard InChI is InChI=1S/C12H14ClN3O/c1-8-2-3-9-10(8)14-12(13)15-11(9)16-4-6-17-7-5-16/h2H,3-7H2,1H3. The number of halogens is 1. The number of allylic oxidation sites excluding steroid dienone is 2. The lowest BCUT2D eigenvalue weighted by atomic mass is 10.2. The van der Waals surface area contributed by atoms with E-state index in [4.69, 9.17) is 16.3 Å². The van der Waals surface area contributed by atoms with Gasteiger partial charge in [-0.2, -0.15) is 0 Å². The van der Waals surface area contributed by atoms with Crippen molar-refractivity contribution in [1.29, 1.82) is 0 Å². The first-order valence-corrected chi connectivity index (χ1v) is 6.20. The molecule has 2 heterocycles. The van der Waals surface area contributed by atoms with Crippen LogP contribution in [0.5, 0.6) is 0 Å². The van der Waals surface area contributed by atoms with Crippen LogP contribution in [0, 0.1) is 0 Å². The average Bonchev–Trinajstić information content (AvgIpc) is 2.72. The minimum absolute atomic E-state index is 0.333. The molecule has 1 aliphatic heterocycles. The lowest BCUT2D eigenvalue weighted by Crippen LogP contribution is -2.37. The number of hydrogen-bond donors (Lipinski definition) is 0. The molecular formula is C12H14ClN3O. The highest BCUT2D eigenvalue weighted by atomic mass is 35.5. The Morgan fingerprint density at radius 3 is 2.82 bits per heavy atom. The molecule has 5 heteroatoms. The third-order valence-corrected chi connectivity index (χ3v) is 3.42. The predicted octanol–water partition coefficient (Wildman–Crippen LogP) is 1.93. The third kappa shape index (κ3) is 1.91. The minimum Gasteiger partial charge on any atom is -0.378 e. The van der Waals surface area contributed by atoms with Crippen LogP contribution in [0.3, 0.4) is 0 Å². The van der Waals surface area contributed by atoms with Gasteiger partial charge in [0.15, 0.2) is 0 Å². The lowest BCUT2D eigenvalue weighted by Gasteiger charge is -2.29. The van der Waals surface area contributed by atoms with Gasteiger partial charge in [-0.1, -0.05) is 6.08 Å². The SMILES string of the molecule is CC1=CCc2c1nc(Cl)nc2N1CCOCC1. The summed E-state index contributed by atoms with van der Waals surface area (Å²) in [4.78, 5) is 11.0. The van der Waals surface area contributed by atoms with Crippen molar-refractivity contribution in [3.05, 3.63) is 22.6 Å². The van der Waals surface area contributed by atoms with Gasteiger partial charge in [-0.25, -0.2) is 9.97 Å². The van der Waals surface area contributed by atoms with Crippen LogP contribution in [0.2, 0.25) is 5.28 Å². The number of anilines is 1. The van der Waals surface area contributed by atoms with Gasteiger partial charge >= 0.3 is 0 Å². The first-order chi connectivity index (χ1) is 8.25. The number of fused-ring (bicyclic) bond motifs is 1. The molecule has 1 aromatic heterocycles. The smallest absolute Gasteiger partial charge is 0.224 e. The Balaban J connectivity index is 2.03. The van der Waals surface area contributed by atoms with Crippen molar-refractivity contribution in [3.63, 3.8) is 0 Å². The zero-order chi connectivity index (χ0) is 11.8. The van der Waals surface area contributed by atoms with Crippen LogP contribution < -0.4 is 4.90 Å². The Morgan fingerprint density at radius 2 is 2.06 bits per heavy atom. The maximum absolute atomic E-state index is 6.01. The highest BCUT2D eigenvalue weighted by Gasteiger charge is 2.23. The van der Waals surface area contributed by atoms with Gasteiger partial charge in [0.05, 0.1) is 18.9 Å². The van der Waals surface area contributed by atoms with Crippen LogP contribution in [-0.4, -0.2) is 36.3 Å². The molecule has 2 aliphatic rings. The van der Waals surface area contributed by atoms with Crippen LogP contribution in [0.25, 0.3) is 5.57 Å². The number of ether oxygens (including phenoxy) is 1. The van der Waals surface area contributed by atoms with Crippen molar-refractivity contribution in [2.45, 2.75) is 13.3 Å². The van der Waals surface area contributed by atoms with Gasteiger partial charge < -0.3 is 9.64 Å². The van der Waals surface area contributed by atoms with Crippen molar-refractivity contribution >= 4 is 23.0 Å². The van der Waals surface area contributed by atoms with E-state index in [0.717, 1.165) is 44.2 Å². The zero-order valence-electron chi connectivity index (χ0n) is 9.74. The van der Waals surface area contributed by atoms with Gasteiger partial charge in [0, 0.05) is 18.7 Å². The molecule has 0 bridgehead atoms. The van der Waals surface area contributed by atoms with Gasteiger partial charge in [-0.05, 0) is 30.5 Å². The van der Waals surface area contributed by atoms with E-state index in [9.17, 15) is 0 Å². The van der Waals surface area contributed by atoms with E-state index < -0.39 is 0 Å². The van der Waals surface area contributed by atoms with E-state index >= 15 is 0 Å². The van der Waals surface area contributed by atoms with E-state index in [1.807, 2.05) is 0 Å². The Bertz CT molecular complexity index is 481. The second-order valence-corrected chi connectivity index (χ2v) is 4.67. The summed E-state index contributed by atoms with van der Waals surface area (Å²) in [5.74, 6) is 0.983. The van der Waals surface area contributed by atoms with Crippen molar-refractivity contribution in [1.82, 2.24) is 9.97 Å². The monoisotopic (exact) mass is 251 g/mol. The fourth-order valence-corrected chi connectivity index (χ4v) is 2.51. The molecule has 4 nitrogen and oxygen atoms in total. The van der Waals surface area contributed by atoms with E-state index in [1.165, 1.54) is 11.1 Å². The van der Waals surface area contributed by atoms with E-state index in [1.54, 1.807) is 0 Å². The highest BCUT2D eigenvalue weighted by Crippen LogP contribution is 2.32. The van der Waals surface area contributed by atoms with Gasteiger partial charge in [-0.3, -0.25) is 0 Å². The Morgan fingerprint density at radius 1 is 1.29 bits per heavy atom. The maximum atomic E-state index is 6.01. The Labute approximate surface area is 105 Å². The molecule has 0 saturated carbocycles. The Kier molecular flexibility index (Phi) is 2.76. The molecule has 0 spiro atoms. The maximum Gasteiger partial charge on any atom is 0.224 e. The summed E-state index contributed by atoms with van der Waals surface area (Å²) >= 11 is 6.01. The van der Waals surface area contributed by atoms with Crippen LogP contribution in [0.4, 0.5) is 5.82 Å². The first kappa shape index (κ1) is 11.0. The molecule has 1 aliphatic carbocycles. The Hall–Kier alpha value is -1.13. The van der Waals surface area contributed by atoms with Gasteiger partial charge in [-0.15, -0.1) is 0 Å². The van der Waals surface area contributed by atoms with E-state index in [-0.39, 0.29) is 0 Å². The summed E-state index contributed by atoms with van der Waals surface area (Å²) in [5, 5.41) is 0.333. The summed E-state index contributed by atoms with van der Waals surface area (Å²) in [5.41, 5.74) is 3.40. The molecule has 0 radical (unpaired) electrons. The number of morpholine rings is 1. The van der Waals surface area contributed by atoms with Crippen LogP contribution in [0.1, 0.15) is 18.2 Å². The second-order valence-electron chi connectivity index (χ2n) is 4.33. The lowest BCUT2D eigenvalue weighted by molar-refractivity contribution is 0.122. The molecule has 1 fully saturated rings. The molecule has 0 aromatic carbocycles. The zero-order valence-corrected chi connectivity index (χ0v) is 10.5. The van der Waals surface area contributed by atoms with E-state index in [0.29, 0.717) is 5.28 Å². The predicted molar refractivity (Wildman–Crippen MR) is 67.4 cm³/mol. The normalized spacial score (nSPS) is 19.2. The summed E-state index contributed by atoms with van der Waals surface area (Å²) in [6, 6.07) is 0. The topological polar surface area (TPSA) is 38.2 Å².